The van der Waals surface area contributed by atoms with Crippen molar-refractivity contribution in [2.45, 2.75) is 13.0 Å². The molecular weight excluding hydrogens is 358 g/mol. The highest BCUT2D eigenvalue weighted by atomic mass is 79.9. The van der Waals surface area contributed by atoms with Gasteiger partial charge in [0.25, 0.3) is 5.91 Å². The molecule has 1 aromatic heterocycles. The molecule has 23 heavy (non-hydrogen) atoms. The summed E-state index contributed by atoms with van der Waals surface area (Å²) in [6.07, 6.45) is 1.59. The molecule has 0 fully saturated rings. The van der Waals surface area contributed by atoms with E-state index >= 15 is 0 Å². The Bertz CT molecular complexity index is 814. The number of rotatable bonds is 5. The van der Waals surface area contributed by atoms with E-state index in [-0.39, 0.29) is 18.6 Å². The van der Waals surface area contributed by atoms with Gasteiger partial charge >= 0.3 is 0 Å². The number of hydrogen-bond donors (Lipinski definition) is 1. The Labute approximate surface area is 142 Å². The Morgan fingerprint density at radius 3 is 2.78 bits per heavy atom. The van der Waals surface area contributed by atoms with Gasteiger partial charge in [-0.15, -0.1) is 0 Å². The van der Waals surface area contributed by atoms with E-state index < -0.39 is 0 Å². The van der Waals surface area contributed by atoms with E-state index in [0.29, 0.717) is 5.75 Å². The molecule has 118 valence electrons. The fourth-order valence-electron chi connectivity index (χ4n) is 2.33. The second-order valence-electron chi connectivity index (χ2n) is 5.25. The van der Waals surface area contributed by atoms with Gasteiger partial charge in [-0.05, 0) is 54.1 Å². The molecule has 2 aromatic carbocycles. The van der Waals surface area contributed by atoms with Crippen LogP contribution in [0.4, 0.5) is 0 Å². The largest absolute Gasteiger partial charge is 0.484 e. The van der Waals surface area contributed by atoms with E-state index in [4.69, 9.17) is 9.15 Å². The van der Waals surface area contributed by atoms with E-state index in [1.54, 1.807) is 12.3 Å². The molecular formula is C18H16BrNO3. The Morgan fingerprint density at radius 2 is 2.00 bits per heavy atom. The maximum Gasteiger partial charge on any atom is 0.258 e. The van der Waals surface area contributed by atoms with Crippen molar-refractivity contribution >= 4 is 32.6 Å². The number of furan rings is 1. The monoisotopic (exact) mass is 373 g/mol. The molecule has 5 heteroatoms. The number of amides is 1. The summed E-state index contributed by atoms with van der Waals surface area (Å²) in [5.74, 6) is 1.19. The van der Waals surface area contributed by atoms with Crippen molar-refractivity contribution in [1.82, 2.24) is 5.32 Å². The van der Waals surface area contributed by atoms with Gasteiger partial charge in [0.05, 0.1) is 12.3 Å². The Balaban J connectivity index is 1.59. The zero-order chi connectivity index (χ0) is 16.2. The van der Waals surface area contributed by atoms with Crippen LogP contribution in [0.1, 0.15) is 18.7 Å². The van der Waals surface area contributed by atoms with Gasteiger partial charge in [-0.1, -0.05) is 28.1 Å². The first-order valence-electron chi connectivity index (χ1n) is 7.27. The topological polar surface area (TPSA) is 51.5 Å². The number of carbonyl (C=O) groups excluding carboxylic acids is 1. The van der Waals surface area contributed by atoms with Crippen molar-refractivity contribution in [1.29, 1.82) is 0 Å². The van der Waals surface area contributed by atoms with Gasteiger partial charge in [-0.25, -0.2) is 0 Å². The van der Waals surface area contributed by atoms with Crippen LogP contribution in [0.15, 0.2) is 63.7 Å². The number of nitrogens with one attached hydrogen (secondary N) is 1. The van der Waals surface area contributed by atoms with Gasteiger partial charge in [-0.3, -0.25) is 4.79 Å². The van der Waals surface area contributed by atoms with E-state index in [9.17, 15) is 4.79 Å². The van der Waals surface area contributed by atoms with Gasteiger partial charge in [0.15, 0.2) is 6.61 Å². The van der Waals surface area contributed by atoms with Crippen LogP contribution in [0.2, 0.25) is 0 Å². The third-order valence-corrected chi connectivity index (χ3v) is 3.98. The SMILES string of the molecule is CC(NC(=O)COc1ccc2cc(Br)ccc2c1)c1ccco1. The minimum atomic E-state index is -0.190. The number of carbonyl (C=O) groups is 1. The fourth-order valence-corrected chi connectivity index (χ4v) is 2.70. The summed E-state index contributed by atoms with van der Waals surface area (Å²) in [7, 11) is 0. The molecule has 0 saturated carbocycles. The summed E-state index contributed by atoms with van der Waals surface area (Å²) >= 11 is 3.45. The maximum atomic E-state index is 11.9. The number of fused-ring (bicyclic) bond motifs is 1. The Morgan fingerprint density at radius 1 is 1.22 bits per heavy atom. The summed E-state index contributed by atoms with van der Waals surface area (Å²) in [4.78, 5) is 11.9. The van der Waals surface area contributed by atoms with Gasteiger partial charge < -0.3 is 14.5 Å². The van der Waals surface area contributed by atoms with Crippen LogP contribution in [-0.2, 0) is 4.79 Å². The van der Waals surface area contributed by atoms with Crippen LogP contribution in [0, 0.1) is 0 Å². The second-order valence-corrected chi connectivity index (χ2v) is 6.16. The Kier molecular flexibility index (Phi) is 4.67. The van der Waals surface area contributed by atoms with Crippen molar-refractivity contribution in [3.63, 3.8) is 0 Å². The molecule has 3 aromatic rings. The van der Waals surface area contributed by atoms with Crippen LogP contribution in [0.5, 0.6) is 5.75 Å². The van der Waals surface area contributed by atoms with Crippen molar-refractivity contribution in [3.05, 3.63) is 65.0 Å². The van der Waals surface area contributed by atoms with Crippen molar-refractivity contribution in [2.24, 2.45) is 0 Å². The highest BCUT2D eigenvalue weighted by Gasteiger charge is 2.12. The third-order valence-electron chi connectivity index (χ3n) is 3.49. The fraction of sp³-hybridized carbons (Fsp3) is 0.167. The highest BCUT2D eigenvalue weighted by Crippen LogP contribution is 2.24. The normalized spacial score (nSPS) is 12.1. The third kappa shape index (κ3) is 3.93. The number of halogens is 1. The lowest BCUT2D eigenvalue weighted by Gasteiger charge is -2.12. The number of hydrogen-bond acceptors (Lipinski definition) is 3. The zero-order valence-corrected chi connectivity index (χ0v) is 14.2. The first-order chi connectivity index (χ1) is 11.1. The van der Waals surface area contributed by atoms with E-state index in [1.165, 1.54) is 0 Å². The van der Waals surface area contributed by atoms with Crippen LogP contribution in [0.25, 0.3) is 10.8 Å². The number of benzene rings is 2. The molecule has 1 heterocycles. The molecule has 0 spiro atoms. The highest BCUT2D eigenvalue weighted by molar-refractivity contribution is 9.10. The van der Waals surface area contributed by atoms with Crippen LogP contribution >= 0.6 is 15.9 Å². The molecule has 0 saturated heterocycles. The van der Waals surface area contributed by atoms with Gasteiger partial charge in [0.2, 0.25) is 0 Å². The van der Waals surface area contributed by atoms with Crippen molar-refractivity contribution in [3.8, 4) is 5.75 Å². The lowest BCUT2D eigenvalue weighted by atomic mass is 10.1. The van der Waals surface area contributed by atoms with Crippen LogP contribution < -0.4 is 10.1 Å². The average Bonchev–Trinajstić information content (AvgIpc) is 3.07. The van der Waals surface area contributed by atoms with Crippen LogP contribution in [-0.4, -0.2) is 12.5 Å². The van der Waals surface area contributed by atoms with Gasteiger partial charge in [-0.2, -0.15) is 0 Å². The van der Waals surface area contributed by atoms with Crippen LogP contribution in [0.3, 0.4) is 0 Å². The summed E-state index contributed by atoms with van der Waals surface area (Å²) in [5.41, 5.74) is 0. The molecule has 4 nitrogen and oxygen atoms in total. The quantitative estimate of drug-likeness (QED) is 0.718. The average molecular weight is 374 g/mol. The van der Waals surface area contributed by atoms with E-state index in [1.807, 2.05) is 49.4 Å². The number of ether oxygens (including phenoxy) is 1. The lowest BCUT2D eigenvalue weighted by Crippen LogP contribution is -2.31. The molecule has 0 aliphatic carbocycles. The first kappa shape index (κ1) is 15.6. The Hall–Kier alpha value is -2.27. The molecule has 0 radical (unpaired) electrons. The molecule has 1 amide bonds. The summed E-state index contributed by atoms with van der Waals surface area (Å²) in [6, 6.07) is 15.2. The summed E-state index contributed by atoms with van der Waals surface area (Å²) in [5, 5.41) is 5.01. The lowest BCUT2D eigenvalue weighted by molar-refractivity contribution is -0.123. The minimum absolute atomic E-state index is 0.0346. The maximum absolute atomic E-state index is 11.9. The van der Waals surface area contributed by atoms with E-state index in [2.05, 4.69) is 21.2 Å². The minimum Gasteiger partial charge on any atom is -0.484 e. The molecule has 0 bridgehead atoms. The zero-order valence-electron chi connectivity index (χ0n) is 12.6. The molecule has 0 aliphatic rings. The van der Waals surface area contributed by atoms with Gasteiger partial charge in [0, 0.05) is 4.47 Å². The predicted molar refractivity (Wildman–Crippen MR) is 92.4 cm³/mol. The summed E-state index contributed by atoms with van der Waals surface area (Å²) < 4.78 is 11.9. The van der Waals surface area contributed by atoms with E-state index in [0.717, 1.165) is 21.0 Å². The van der Waals surface area contributed by atoms with Gasteiger partial charge in [0.1, 0.15) is 11.5 Å². The van der Waals surface area contributed by atoms with Crippen molar-refractivity contribution in [2.75, 3.05) is 6.61 Å². The standard InChI is InChI=1S/C18H16BrNO3/c1-12(17-3-2-8-22-17)20-18(21)11-23-16-7-5-13-9-15(19)6-4-14(13)10-16/h2-10,12H,11H2,1H3,(H,20,21). The first-order valence-corrected chi connectivity index (χ1v) is 8.06. The molecule has 1 N–H and O–H groups in total. The molecule has 1 atom stereocenters. The molecule has 1 unspecified atom stereocenters. The smallest absolute Gasteiger partial charge is 0.258 e. The molecule has 0 aliphatic heterocycles. The second kappa shape index (κ2) is 6.87. The van der Waals surface area contributed by atoms with Crippen molar-refractivity contribution < 1.29 is 13.9 Å². The predicted octanol–water partition coefficient (Wildman–Crippen LogP) is 4.45. The summed E-state index contributed by atoms with van der Waals surface area (Å²) in [6.45, 7) is 1.83. The molecule has 3 rings (SSSR count).